The molecule has 2 aromatic carbocycles. The highest BCUT2D eigenvalue weighted by molar-refractivity contribution is 8.05. The van der Waals surface area contributed by atoms with Gasteiger partial charge in [0, 0.05) is 6.54 Å². The number of nitrogen functional groups attached to an aromatic ring is 1. The second-order valence-electron chi connectivity index (χ2n) is 11.9. The lowest BCUT2D eigenvalue weighted by Gasteiger charge is -2.30. The van der Waals surface area contributed by atoms with E-state index in [0.717, 1.165) is 11.1 Å². The van der Waals surface area contributed by atoms with Gasteiger partial charge < -0.3 is 19.8 Å². The second-order valence-corrected chi connectivity index (χ2v) is 15.8. The zero-order valence-corrected chi connectivity index (χ0v) is 29.3. The number of benzene rings is 2. The number of nitrogens with two attached hydrogens (primary N) is 1. The Kier molecular flexibility index (Phi) is 13.4. The number of esters is 2. The Morgan fingerprint density at radius 2 is 1.44 bits per heavy atom. The molecule has 0 aliphatic heterocycles. The largest absolute Gasteiger partial charge is 0.462 e. The SMILES string of the molecule is CC(C)OC(=O)[C@H](Cc1ccccc1)NP(=O)(CSCCCn1cnc2c(=O)[nH]c(N)nc21)N[C@@H](Cc1ccccc1)C(=O)OC(C)C. The zero-order chi connectivity index (χ0) is 34.7. The van der Waals surface area contributed by atoms with Gasteiger partial charge in [-0.2, -0.15) is 16.7 Å². The fourth-order valence-corrected chi connectivity index (χ4v) is 8.92. The van der Waals surface area contributed by atoms with Gasteiger partial charge in [0.15, 0.2) is 11.2 Å². The van der Waals surface area contributed by atoms with Gasteiger partial charge in [0.2, 0.25) is 13.4 Å². The number of aromatic amines is 1. The van der Waals surface area contributed by atoms with Crippen LogP contribution >= 0.6 is 19.2 Å². The third kappa shape index (κ3) is 11.0. The predicted octanol–water partition coefficient (Wildman–Crippen LogP) is 4.28. The maximum absolute atomic E-state index is 14.9. The molecule has 2 heterocycles. The molecule has 0 unspecified atom stereocenters. The second kappa shape index (κ2) is 17.4. The molecule has 2 atom stereocenters. The third-order valence-electron chi connectivity index (χ3n) is 7.02. The van der Waals surface area contributed by atoms with E-state index in [-0.39, 0.29) is 42.0 Å². The molecule has 13 nitrogen and oxygen atoms in total. The Hall–Kier alpha value is -3.97. The minimum Gasteiger partial charge on any atom is -0.462 e. The molecule has 48 heavy (non-hydrogen) atoms. The van der Waals surface area contributed by atoms with Gasteiger partial charge in [0.05, 0.1) is 24.0 Å². The molecule has 2 aromatic heterocycles. The Morgan fingerprint density at radius 3 is 1.94 bits per heavy atom. The minimum atomic E-state index is -3.68. The van der Waals surface area contributed by atoms with Crippen molar-refractivity contribution in [1.82, 2.24) is 29.7 Å². The van der Waals surface area contributed by atoms with E-state index in [0.29, 0.717) is 24.4 Å². The maximum atomic E-state index is 14.9. The topological polar surface area (TPSA) is 183 Å². The number of imidazole rings is 1. The molecule has 5 N–H and O–H groups in total. The molecule has 0 aliphatic rings. The van der Waals surface area contributed by atoms with Crippen molar-refractivity contribution >= 4 is 48.3 Å². The van der Waals surface area contributed by atoms with Crippen molar-refractivity contribution < 1.29 is 23.6 Å². The Labute approximate surface area is 284 Å². The number of nitrogens with zero attached hydrogens (tertiary/aromatic N) is 3. The molecule has 0 aliphatic carbocycles. The smallest absolute Gasteiger partial charge is 0.324 e. The molecular formula is C33H44N7O6PS. The standard InChI is InChI=1S/C33H44N7O6PS/c1-22(2)45-31(42)26(18-24-12-7-5-8-13-24)38-47(44,39-27(32(43)46-23(3)4)19-25-14-9-6-10-15-25)21-48-17-11-16-40-20-35-28-29(40)36-33(34)37-30(28)41/h5-10,12-15,20,22-23,26-27H,11,16-19,21H2,1-4H3,(H2,38,39,44)(H3,34,36,37,41)/t26-,27-/m0/s1. The molecule has 0 saturated heterocycles. The van der Waals surface area contributed by atoms with E-state index < -0.39 is 37.0 Å². The van der Waals surface area contributed by atoms with Crippen LogP contribution in [0.1, 0.15) is 45.2 Å². The van der Waals surface area contributed by atoms with E-state index in [9.17, 15) is 18.9 Å². The van der Waals surface area contributed by atoms with Gasteiger partial charge in [-0.25, -0.2) is 15.2 Å². The molecule has 4 aromatic rings. The Bertz CT molecular complexity index is 1680. The summed E-state index contributed by atoms with van der Waals surface area (Å²) in [5, 5.41) is 6.23. The molecule has 4 rings (SSSR count). The van der Waals surface area contributed by atoms with Gasteiger partial charge in [-0.15, -0.1) is 0 Å². The van der Waals surface area contributed by atoms with Crippen molar-refractivity contribution in [1.29, 1.82) is 0 Å². The summed E-state index contributed by atoms with van der Waals surface area (Å²) in [6.07, 6.45) is 1.85. The summed E-state index contributed by atoms with van der Waals surface area (Å²) in [5.74, 6) is -0.521. The summed E-state index contributed by atoms with van der Waals surface area (Å²) in [6, 6.07) is 16.9. The first-order chi connectivity index (χ1) is 22.9. The van der Waals surface area contributed by atoms with Crippen LogP contribution in [0.2, 0.25) is 0 Å². The van der Waals surface area contributed by atoms with Crippen molar-refractivity contribution in [2.24, 2.45) is 0 Å². The van der Waals surface area contributed by atoms with Gasteiger partial charge in [0.1, 0.15) is 12.1 Å². The lowest BCUT2D eigenvalue weighted by molar-refractivity contribution is -0.150. The molecule has 0 radical (unpaired) electrons. The van der Waals surface area contributed by atoms with Crippen LogP contribution in [-0.2, 0) is 43.0 Å². The number of thioether (sulfide) groups is 1. The van der Waals surface area contributed by atoms with Crippen LogP contribution in [0.25, 0.3) is 11.2 Å². The monoisotopic (exact) mass is 697 g/mol. The number of nitrogens with one attached hydrogen (secondary N) is 3. The van der Waals surface area contributed by atoms with Gasteiger partial charge in [-0.3, -0.25) is 23.9 Å². The number of fused-ring (bicyclic) bond motifs is 1. The average Bonchev–Trinajstić information content (AvgIpc) is 3.43. The van der Waals surface area contributed by atoms with Crippen LogP contribution in [0, 0.1) is 0 Å². The first-order valence-electron chi connectivity index (χ1n) is 15.8. The van der Waals surface area contributed by atoms with Crippen LogP contribution in [0.3, 0.4) is 0 Å². The lowest BCUT2D eigenvalue weighted by Crippen LogP contribution is -2.46. The van der Waals surface area contributed by atoms with Crippen LogP contribution in [0.15, 0.2) is 71.8 Å². The van der Waals surface area contributed by atoms with Crippen molar-refractivity contribution in [3.8, 4) is 0 Å². The first kappa shape index (κ1) is 36.9. The molecule has 0 fully saturated rings. The molecule has 0 bridgehead atoms. The number of aromatic nitrogens is 4. The number of hydrogen-bond donors (Lipinski definition) is 4. The minimum absolute atomic E-state index is 0.00353. The van der Waals surface area contributed by atoms with E-state index in [1.54, 1.807) is 32.3 Å². The van der Waals surface area contributed by atoms with Gasteiger partial charge in [-0.1, -0.05) is 60.7 Å². The lowest BCUT2D eigenvalue weighted by atomic mass is 10.1. The number of ether oxygens (including phenoxy) is 2. The highest BCUT2D eigenvalue weighted by Gasteiger charge is 2.36. The van der Waals surface area contributed by atoms with E-state index in [2.05, 4.69) is 25.1 Å². The normalized spacial score (nSPS) is 13.1. The fraction of sp³-hybridized carbons (Fsp3) is 0.424. The Balaban J connectivity index is 1.56. The zero-order valence-electron chi connectivity index (χ0n) is 27.6. The first-order valence-corrected chi connectivity index (χ1v) is 18.9. The summed E-state index contributed by atoms with van der Waals surface area (Å²) < 4.78 is 27.8. The number of carbonyl (C=O) groups excluding carboxylic acids is 2. The third-order valence-corrected chi connectivity index (χ3v) is 11.2. The van der Waals surface area contributed by atoms with Crippen LogP contribution in [0.5, 0.6) is 0 Å². The Morgan fingerprint density at radius 1 is 0.917 bits per heavy atom. The number of aryl methyl sites for hydroxylation is 1. The average molecular weight is 698 g/mol. The summed E-state index contributed by atoms with van der Waals surface area (Å²) in [4.78, 5) is 49.7. The number of anilines is 1. The highest BCUT2D eigenvalue weighted by atomic mass is 32.2. The number of H-pyrrole nitrogens is 1. The molecule has 15 heteroatoms. The number of rotatable bonds is 18. The molecule has 258 valence electrons. The summed E-state index contributed by atoms with van der Waals surface area (Å²) in [5.41, 5.74) is 7.67. The molecule has 0 amide bonds. The maximum Gasteiger partial charge on any atom is 0.324 e. The van der Waals surface area contributed by atoms with Crippen LogP contribution < -0.4 is 21.5 Å². The predicted molar refractivity (Wildman–Crippen MR) is 189 cm³/mol. The van der Waals surface area contributed by atoms with Crippen molar-refractivity contribution in [2.75, 3.05) is 17.0 Å². The quantitative estimate of drug-likeness (QED) is 0.0659. The van der Waals surface area contributed by atoms with Crippen molar-refractivity contribution in [3.63, 3.8) is 0 Å². The van der Waals surface area contributed by atoms with Gasteiger partial charge in [0.25, 0.3) is 5.56 Å². The summed E-state index contributed by atoms with van der Waals surface area (Å²) in [6.45, 7) is 7.51. The van der Waals surface area contributed by atoms with Gasteiger partial charge in [-0.05, 0) is 63.8 Å². The van der Waals surface area contributed by atoms with Crippen LogP contribution in [0.4, 0.5) is 5.95 Å². The molecule has 0 spiro atoms. The van der Waals surface area contributed by atoms with E-state index in [1.807, 2.05) is 60.7 Å². The van der Waals surface area contributed by atoms with Crippen LogP contribution in [-0.4, -0.2) is 67.0 Å². The van der Waals surface area contributed by atoms with Gasteiger partial charge >= 0.3 is 11.9 Å². The molecule has 0 saturated carbocycles. The summed E-state index contributed by atoms with van der Waals surface area (Å²) in [7, 11) is -3.68. The van der Waals surface area contributed by atoms with Crippen molar-refractivity contribution in [3.05, 3.63) is 88.5 Å². The van der Waals surface area contributed by atoms with E-state index in [4.69, 9.17) is 15.2 Å². The van der Waals surface area contributed by atoms with E-state index >= 15 is 0 Å². The highest BCUT2D eigenvalue weighted by Crippen LogP contribution is 2.42. The van der Waals surface area contributed by atoms with Crippen molar-refractivity contribution in [2.45, 2.75) is 77.8 Å². The summed E-state index contributed by atoms with van der Waals surface area (Å²) >= 11 is 1.40. The molecular weight excluding hydrogens is 653 g/mol. The van der Waals surface area contributed by atoms with E-state index in [1.165, 1.54) is 18.1 Å². The number of hydrogen-bond acceptors (Lipinski definition) is 10. The number of carbonyl (C=O) groups is 2. The fourth-order valence-electron chi connectivity index (χ4n) is 4.97.